The molecular formula is C21H32IN7O2. The normalized spacial score (nSPS) is 16.4. The molecular weight excluding hydrogens is 509 g/mol. The van der Waals surface area contributed by atoms with E-state index >= 15 is 0 Å². The largest absolute Gasteiger partial charge is 0.484 e. The number of guanidine groups is 1. The Morgan fingerprint density at radius 2 is 2.26 bits per heavy atom. The number of nitrogens with two attached hydrogens (primary N) is 1. The van der Waals surface area contributed by atoms with Crippen LogP contribution < -0.4 is 26.0 Å². The predicted octanol–water partition coefficient (Wildman–Crippen LogP) is 1.63. The van der Waals surface area contributed by atoms with Crippen LogP contribution in [0.3, 0.4) is 0 Å². The number of piperidine rings is 1. The van der Waals surface area contributed by atoms with Crippen molar-refractivity contribution in [2.45, 2.75) is 32.4 Å². The van der Waals surface area contributed by atoms with Crippen LogP contribution >= 0.6 is 24.0 Å². The molecule has 1 saturated heterocycles. The number of carbonyl (C=O) groups excluding carboxylic acids is 1. The van der Waals surface area contributed by atoms with Crippen molar-refractivity contribution in [2.75, 3.05) is 31.1 Å². The highest BCUT2D eigenvalue weighted by molar-refractivity contribution is 14.0. The summed E-state index contributed by atoms with van der Waals surface area (Å²) in [6.07, 6.45) is 6.17. The van der Waals surface area contributed by atoms with Gasteiger partial charge in [-0.05, 0) is 37.5 Å². The molecule has 2 aromatic rings. The number of halogens is 1. The van der Waals surface area contributed by atoms with Gasteiger partial charge < -0.3 is 26.0 Å². The van der Waals surface area contributed by atoms with Gasteiger partial charge in [0, 0.05) is 38.9 Å². The van der Waals surface area contributed by atoms with Gasteiger partial charge in [-0.3, -0.25) is 9.48 Å². The first kappa shape index (κ1) is 24.8. The zero-order chi connectivity index (χ0) is 21.3. The molecule has 1 fully saturated rings. The van der Waals surface area contributed by atoms with Gasteiger partial charge in [0.25, 0.3) is 5.91 Å². The lowest BCUT2D eigenvalue weighted by Gasteiger charge is -2.34. The van der Waals surface area contributed by atoms with Gasteiger partial charge in [0.05, 0.1) is 18.4 Å². The fraction of sp³-hybridized carbons (Fsp3) is 0.476. The van der Waals surface area contributed by atoms with E-state index in [0.29, 0.717) is 18.3 Å². The molecule has 1 aliphatic rings. The Morgan fingerprint density at radius 3 is 2.97 bits per heavy atom. The van der Waals surface area contributed by atoms with E-state index in [1.54, 1.807) is 6.07 Å². The monoisotopic (exact) mass is 541 g/mol. The maximum Gasteiger partial charge on any atom is 0.255 e. The summed E-state index contributed by atoms with van der Waals surface area (Å²) in [4.78, 5) is 18.0. The Bertz CT molecular complexity index is 871. The molecule has 9 nitrogen and oxygen atoms in total. The van der Waals surface area contributed by atoms with Crippen LogP contribution in [0.2, 0.25) is 0 Å². The van der Waals surface area contributed by atoms with Crippen molar-refractivity contribution in [3.8, 4) is 5.75 Å². The Kier molecular flexibility index (Phi) is 9.89. The number of nitrogens with one attached hydrogen (secondary N) is 2. The summed E-state index contributed by atoms with van der Waals surface area (Å²) >= 11 is 0. The second kappa shape index (κ2) is 12.4. The van der Waals surface area contributed by atoms with Gasteiger partial charge in [0.2, 0.25) is 0 Å². The molecule has 1 aliphatic heterocycles. The summed E-state index contributed by atoms with van der Waals surface area (Å²) in [5.41, 5.74) is 7.28. The zero-order valence-corrected chi connectivity index (χ0v) is 20.4. The molecule has 0 saturated carbocycles. The van der Waals surface area contributed by atoms with Crippen LogP contribution in [-0.2, 0) is 18.4 Å². The van der Waals surface area contributed by atoms with Crippen LogP contribution in [0, 0.1) is 0 Å². The Morgan fingerprint density at radius 1 is 1.42 bits per heavy atom. The summed E-state index contributed by atoms with van der Waals surface area (Å²) < 4.78 is 7.21. The number of aryl methyl sites for hydroxylation is 1. The van der Waals surface area contributed by atoms with Gasteiger partial charge >= 0.3 is 0 Å². The number of ether oxygens (including phenoxy) is 1. The van der Waals surface area contributed by atoms with Crippen LogP contribution in [0.5, 0.6) is 5.75 Å². The standard InChI is InChI=1S/C21H31N7O2.HI/c1-3-23-21(24-11-16-6-4-8-19(10-16)30-15-20(22)29)26-17-7-5-9-28(13-17)18-12-25-27(2)14-18;/h4,6,8,10,12,14,17H,3,5,7,9,11,13,15H2,1-2H3,(H2,22,29)(H2,23,24,26);1H. The lowest BCUT2D eigenvalue weighted by atomic mass is 10.1. The van der Waals surface area contributed by atoms with Crippen LogP contribution in [0.1, 0.15) is 25.3 Å². The molecule has 2 heterocycles. The van der Waals surface area contributed by atoms with E-state index in [0.717, 1.165) is 49.7 Å². The third-order valence-corrected chi connectivity index (χ3v) is 4.86. The minimum absolute atomic E-state index is 0. The molecule has 4 N–H and O–H groups in total. The van der Waals surface area contributed by atoms with Crippen LogP contribution in [0.4, 0.5) is 5.69 Å². The maximum absolute atomic E-state index is 10.9. The summed E-state index contributed by atoms with van der Waals surface area (Å²) in [5, 5.41) is 11.2. The van der Waals surface area contributed by atoms with E-state index < -0.39 is 5.91 Å². The molecule has 170 valence electrons. The van der Waals surface area contributed by atoms with Crippen molar-refractivity contribution in [3.05, 3.63) is 42.2 Å². The van der Waals surface area contributed by atoms with Crippen molar-refractivity contribution in [1.29, 1.82) is 0 Å². The number of amides is 1. The summed E-state index contributed by atoms with van der Waals surface area (Å²) in [6.45, 7) is 5.15. The molecule has 0 aliphatic carbocycles. The molecule has 1 aromatic carbocycles. The highest BCUT2D eigenvalue weighted by Gasteiger charge is 2.21. The van der Waals surface area contributed by atoms with E-state index in [4.69, 9.17) is 15.5 Å². The maximum atomic E-state index is 10.9. The second-order valence-corrected chi connectivity index (χ2v) is 7.40. The molecule has 0 bridgehead atoms. The summed E-state index contributed by atoms with van der Waals surface area (Å²) in [6, 6.07) is 7.85. The van der Waals surface area contributed by atoms with E-state index in [-0.39, 0.29) is 30.6 Å². The Labute approximate surface area is 200 Å². The Hall–Kier alpha value is -2.50. The van der Waals surface area contributed by atoms with Gasteiger partial charge in [0.15, 0.2) is 12.6 Å². The lowest BCUT2D eigenvalue weighted by molar-refractivity contribution is -0.119. The van der Waals surface area contributed by atoms with Crippen LogP contribution in [-0.4, -0.2) is 53.9 Å². The minimum Gasteiger partial charge on any atom is -0.484 e. The molecule has 1 atom stereocenters. The highest BCUT2D eigenvalue weighted by atomic mass is 127. The number of nitrogens with zero attached hydrogens (tertiary/aromatic N) is 4. The van der Waals surface area contributed by atoms with Crippen molar-refractivity contribution in [2.24, 2.45) is 17.8 Å². The van der Waals surface area contributed by atoms with Crippen molar-refractivity contribution >= 4 is 41.5 Å². The Balaban J connectivity index is 0.00000341. The minimum atomic E-state index is -0.495. The molecule has 0 spiro atoms. The van der Waals surface area contributed by atoms with E-state index in [1.165, 1.54) is 0 Å². The number of primary amides is 1. The van der Waals surface area contributed by atoms with Crippen LogP contribution in [0.25, 0.3) is 0 Å². The second-order valence-electron chi connectivity index (χ2n) is 7.40. The van der Waals surface area contributed by atoms with E-state index in [1.807, 2.05) is 36.1 Å². The molecule has 1 aromatic heterocycles. The number of rotatable bonds is 8. The smallest absolute Gasteiger partial charge is 0.255 e. The van der Waals surface area contributed by atoms with Crippen molar-refractivity contribution in [3.63, 3.8) is 0 Å². The predicted molar refractivity (Wildman–Crippen MR) is 133 cm³/mol. The number of hydrogen-bond donors (Lipinski definition) is 3. The molecule has 3 rings (SSSR count). The molecule has 10 heteroatoms. The lowest BCUT2D eigenvalue weighted by Crippen LogP contribution is -2.51. The van der Waals surface area contributed by atoms with Gasteiger partial charge in [0.1, 0.15) is 5.75 Å². The average Bonchev–Trinajstić information content (AvgIpc) is 3.18. The van der Waals surface area contributed by atoms with Gasteiger partial charge in [-0.15, -0.1) is 24.0 Å². The first-order chi connectivity index (χ1) is 14.5. The average molecular weight is 541 g/mol. The summed E-state index contributed by atoms with van der Waals surface area (Å²) in [5.74, 6) is 0.905. The van der Waals surface area contributed by atoms with Crippen molar-refractivity contribution in [1.82, 2.24) is 20.4 Å². The number of benzene rings is 1. The molecule has 1 unspecified atom stereocenters. The summed E-state index contributed by atoms with van der Waals surface area (Å²) in [7, 11) is 1.94. The first-order valence-electron chi connectivity index (χ1n) is 10.3. The number of carbonyl (C=O) groups is 1. The highest BCUT2D eigenvalue weighted by Crippen LogP contribution is 2.19. The SMILES string of the molecule is CCNC(=NCc1cccc(OCC(N)=O)c1)NC1CCCN(c2cnn(C)c2)C1.I. The van der Waals surface area contributed by atoms with Crippen molar-refractivity contribution < 1.29 is 9.53 Å². The van der Waals surface area contributed by atoms with Gasteiger partial charge in [-0.2, -0.15) is 5.10 Å². The molecule has 0 radical (unpaired) electrons. The zero-order valence-electron chi connectivity index (χ0n) is 18.1. The topological polar surface area (TPSA) is 110 Å². The quantitative estimate of drug-likeness (QED) is 0.266. The number of anilines is 1. The van der Waals surface area contributed by atoms with E-state index in [9.17, 15) is 4.79 Å². The van der Waals surface area contributed by atoms with Crippen LogP contribution in [0.15, 0.2) is 41.7 Å². The fourth-order valence-corrected chi connectivity index (χ4v) is 3.47. The fourth-order valence-electron chi connectivity index (χ4n) is 3.47. The third kappa shape index (κ3) is 7.93. The van der Waals surface area contributed by atoms with Gasteiger partial charge in [-0.25, -0.2) is 4.99 Å². The number of aromatic nitrogens is 2. The number of hydrogen-bond acceptors (Lipinski definition) is 5. The molecule has 1 amide bonds. The van der Waals surface area contributed by atoms with Gasteiger partial charge in [-0.1, -0.05) is 12.1 Å². The molecule has 31 heavy (non-hydrogen) atoms. The van der Waals surface area contributed by atoms with E-state index in [2.05, 4.69) is 33.8 Å². The number of aliphatic imine (C=N–C) groups is 1. The first-order valence-corrected chi connectivity index (χ1v) is 10.3. The third-order valence-electron chi connectivity index (χ3n) is 4.86.